The minimum absolute atomic E-state index is 0.0307. The van der Waals surface area contributed by atoms with Gasteiger partial charge in [-0.1, -0.05) is 0 Å². The maximum absolute atomic E-state index is 10.5. The molecule has 0 unspecified atom stereocenters. The molecule has 5 nitrogen and oxygen atoms in total. The molecule has 0 spiro atoms. The van der Waals surface area contributed by atoms with Gasteiger partial charge in [-0.05, 0) is 18.2 Å². The highest BCUT2D eigenvalue weighted by Gasteiger charge is 2.03. The van der Waals surface area contributed by atoms with Crippen molar-refractivity contribution in [2.24, 2.45) is 0 Å². The van der Waals surface area contributed by atoms with Crippen molar-refractivity contribution in [3.8, 4) is 11.3 Å². The lowest BCUT2D eigenvalue weighted by molar-refractivity contribution is -0.255. The first-order valence-corrected chi connectivity index (χ1v) is 3.94. The van der Waals surface area contributed by atoms with E-state index in [4.69, 9.17) is 0 Å². The summed E-state index contributed by atoms with van der Waals surface area (Å²) < 4.78 is 0. The molecule has 0 fully saturated rings. The highest BCUT2D eigenvalue weighted by molar-refractivity contribution is 5.85. The number of carbonyl (C=O) groups excluding carboxylic acids is 1. The molecule has 14 heavy (non-hydrogen) atoms. The summed E-state index contributed by atoms with van der Waals surface area (Å²) in [5.74, 6) is -1.27. The van der Waals surface area contributed by atoms with Crippen LogP contribution in [0.5, 0.6) is 0 Å². The topological polar surface area (TPSA) is 81.7 Å². The van der Waals surface area contributed by atoms with Crippen molar-refractivity contribution >= 4 is 5.97 Å². The van der Waals surface area contributed by atoms with Gasteiger partial charge in [0.25, 0.3) is 0 Å². The van der Waals surface area contributed by atoms with E-state index < -0.39 is 5.97 Å². The first-order valence-electron chi connectivity index (χ1n) is 3.94. The number of nitrogens with one attached hydrogen (secondary N) is 1. The normalized spacial score (nSPS) is 10.0. The van der Waals surface area contributed by atoms with E-state index in [9.17, 15) is 9.90 Å². The van der Waals surface area contributed by atoms with E-state index in [1.807, 2.05) is 0 Å². The van der Waals surface area contributed by atoms with Crippen LogP contribution >= 0.6 is 0 Å². The predicted octanol–water partition coefficient (Wildman–Crippen LogP) is -0.165. The number of aromatic amines is 1. The zero-order valence-electron chi connectivity index (χ0n) is 7.10. The number of hydrogen-bond acceptors (Lipinski definition) is 4. The van der Waals surface area contributed by atoms with Crippen molar-refractivity contribution in [1.82, 2.24) is 15.2 Å². The molecule has 0 saturated carbocycles. The molecule has 0 amide bonds. The van der Waals surface area contributed by atoms with Gasteiger partial charge in [0.2, 0.25) is 0 Å². The molecule has 0 aliphatic rings. The number of carboxylic acids is 1. The molecule has 2 aromatic rings. The van der Waals surface area contributed by atoms with Gasteiger partial charge in [0.1, 0.15) is 0 Å². The van der Waals surface area contributed by atoms with Crippen molar-refractivity contribution < 1.29 is 9.90 Å². The van der Waals surface area contributed by atoms with Crippen LogP contribution in [0, 0.1) is 0 Å². The van der Waals surface area contributed by atoms with Crippen molar-refractivity contribution in [1.29, 1.82) is 0 Å². The summed E-state index contributed by atoms with van der Waals surface area (Å²) in [4.78, 5) is 14.3. The number of rotatable bonds is 2. The zero-order chi connectivity index (χ0) is 9.97. The summed E-state index contributed by atoms with van der Waals surface area (Å²) in [6.07, 6.45) is 3.23. The molecule has 2 aromatic heterocycles. The summed E-state index contributed by atoms with van der Waals surface area (Å²) >= 11 is 0. The molecule has 1 N–H and O–H groups in total. The Hall–Kier alpha value is -2.17. The third-order valence-corrected chi connectivity index (χ3v) is 1.77. The largest absolute Gasteiger partial charge is 0.543 e. The SMILES string of the molecule is O=C([O-])c1cc(-c2ccncc2)n[nH]1. The van der Waals surface area contributed by atoms with Crippen molar-refractivity contribution in [3.05, 3.63) is 36.3 Å². The Kier molecular flexibility index (Phi) is 1.98. The lowest BCUT2D eigenvalue weighted by atomic mass is 10.2. The maximum Gasteiger partial charge on any atom is 0.0928 e. The molecule has 0 aromatic carbocycles. The summed E-state index contributed by atoms with van der Waals surface area (Å²) in [5.41, 5.74) is 1.34. The molecule has 2 rings (SSSR count). The van der Waals surface area contributed by atoms with Crippen molar-refractivity contribution in [3.63, 3.8) is 0 Å². The third kappa shape index (κ3) is 1.47. The number of hydrogen-bond donors (Lipinski definition) is 1. The molecular formula is C9H6N3O2-. The number of pyridine rings is 1. The van der Waals surface area contributed by atoms with E-state index in [0.717, 1.165) is 5.56 Å². The molecule has 0 aliphatic carbocycles. The van der Waals surface area contributed by atoms with E-state index in [0.29, 0.717) is 5.69 Å². The van der Waals surface area contributed by atoms with E-state index in [1.54, 1.807) is 24.5 Å². The van der Waals surface area contributed by atoms with Crippen molar-refractivity contribution in [2.75, 3.05) is 0 Å². The van der Waals surface area contributed by atoms with Gasteiger partial charge in [-0.2, -0.15) is 5.10 Å². The van der Waals surface area contributed by atoms with Gasteiger partial charge in [-0.25, -0.2) is 0 Å². The molecule has 0 radical (unpaired) electrons. The minimum Gasteiger partial charge on any atom is -0.543 e. The second-order valence-electron chi connectivity index (χ2n) is 2.69. The van der Waals surface area contributed by atoms with Crippen molar-refractivity contribution in [2.45, 2.75) is 0 Å². The lowest BCUT2D eigenvalue weighted by Gasteiger charge is -1.93. The van der Waals surface area contributed by atoms with E-state index in [1.165, 1.54) is 6.07 Å². The van der Waals surface area contributed by atoms with Gasteiger partial charge in [0.15, 0.2) is 0 Å². The number of nitrogens with zero attached hydrogens (tertiary/aromatic N) is 2. The van der Waals surface area contributed by atoms with E-state index in [-0.39, 0.29) is 5.69 Å². The molecule has 70 valence electrons. The van der Waals surface area contributed by atoms with Crippen LogP contribution in [-0.2, 0) is 0 Å². The number of aromatic carboxylic acids is 1. The summed E-state index contributed by atoms with van der Waals surface area (Å²) in [6, 6.07) is 4.91. The molecule has 2 heterocycles. The molecule has 0 aliphatic heterocycles. The lowest BCUT2D eigenvalue weighted by Crippen LogP contribution is -2.22. The van der Waals surface area contributed by atoms with Gasteiger partial charge >= 0.3 is 0 Å². The fourth-order valence-corrected chi connectivity index (χ4v) is 1.10. The fourth-order valence-electron chi connectivity index (χ4n) is 1.10. The van der Waals surface area contributed by atoms with Gasteiger partial charge < -0.3 is 9.90 Å². The number of H-pyrrole nitrogens is 1. The Bertz CT molecular complexity index is 450. The quantitative estimate of drug-likeness (QED) is 0.709. The van der Waals surface area contributed by atoms with Crippen LogP contribution in [0.2, 0.25) is 0 Å². The van der Waals surface area contributed by atoms with Crippen LogP contribution in [0.3, 0.4) is 0 Å². The Morgan fingerprint density at radius 3 is 2.64 bits per heavy atom. The van der Waals surface area contributed by atoms with Crippen LogP contribution in [0.15, 0.2) is 30.6 Å². The number of carboxylic acid groups (broad SMARTS) is 1. The predicted molar refractivity (Wildman–Crippen MR) is 46.1 cm³/mol. The summed E-state index contributed by atoms with van der Waals surface area (Å²) in [6.45, 7) is 0. The first-order chi connectivity index (χ1) is 6.77. The van der Waals surface area contributed by atoms with Crippen LogP contribution in [-0.4, -0.2) is 21.2 Å². The summed E-state index contributed by atoms with van der Waals surface area (Å²) in [5, 5.41) is 16.7. The van der Waals surface area contributed by atoms with Gasteiger partial charge in [0.05, 0.1) is 17.4 Å². The zero-order valence-corrected chi connectivity index (χ0v) is 7.10. The smallest absolute Gasteiger partial charge is 0.0928 e. The molecular weight excluding hydrogens is 182 g/mol. The van der Waals surface area contributed by atoms with Gasteiger partial charge in [-0.3, -0.25) is 10.1 Å². The van der Waals surface area contributed by atoms with Crippen LogP contribution in [0.25, 0.3) is 11.3 Å². The Morgan fingerprint density at radius 1 is 1.36 bits per heavy atom. The maximum atomic E-state index is 10.5. The van der Waals surface area contributed by atoms with Crippen LogP contribution in [0.4, 0.5) is 0 Å². The van der Waals surface area contributed by atoms with E-state index >= 15 is 0 Å². The Morgan fingerprint density at radius 2 is 2.07 bits per heavy atom. The second-order valence-corrected chi connectivity index (χ2v) is 2.69. The molecule has 5 heteroatoms. The Balaban J connectivity index is 2.39. The monoisotopic (exact) mass is 188 g/mol. The number of carbonyl (C=O) groups is 1. The average Bonchev–Trinajstić information content (AvgIpc) is 2.68. The fraction of sp³-hybridized carbons (Fsp3) is 0. The van der Waals surface area contributed by atoms with E-state index in [2.05, 4.69) is 15.2 Å². The highest BCUT2D eigenvalue weighted by atomic mass is 16.4. The molecule has 0 atom stereocenters. The Labute approximate surface area is 79.4 Å². The van der Waals surface area contributed by atoms with Crippen LogP contribution < -0.4 is 5.11 Å². The molecule has 0 saturated heterocycles. The van der Waals surface area contributed by atoms with Gasteiger partial charge in [0, 0.05) is 18.0 Å². The average molecular weight is 188 g/mol. The standard InChI is InChI=1S/C9H7N3O2/c13-9(14)8-5-7(11-12-8)6-1-3-10-4-2-6/h1-5H,(H,11,12)(H,13,14)/p-1. The second kappa shape index (κ2) is 3.29. The highest BCUT2D eigenvalue weighted by Crippen LogP contribution is 2.15. The minimum atomic E-state index is -1.27. The number of aromatic nitrogens is 3. The first kappa shape index (κ1) is 8.43. The summed E-state index contributed by atoms with van der Waals surface area (Å²) in [7, 11) is 0. The third-order valence-electron chi connectivity index (χ3n) is 1.77. The van der Waals surface area contributed by atoms with Crippen LogP contribution in [0.1, 0.15) is 10.5 Å². The van der Waals surface area contributed by atoms with Gasteiger partial charge in [-0.15, -0.1) is 0 Å². The molecule has 0 bridgehead atoms.